The van der Waals surface area contributed by atoms with Crippen LogP contribution < -0.4 is 15.1 Å². The molecule has 1 amide bonds. The number of aryl methyl sites for hydroxylation is 2. The molecule has 0 spiro atoms. The molecule has 206 valence electrons. The number of carbonyl (C=O) groups is 2. The van der Waals surface area contributed by atoms with Gasteiger partial charge in [0.15, 0.2) is 5.43 Å². The van der Waals surface area contributed by atoms with E-state index in [0.717, 1.165) is 36.0 Å². The predicted molar refractivity (Wildman–Crippen MR) is 154 cm³/mol. The first-order valence-corrected chi connectivity index (χ1v) is 13.8. The van der Waals surface area contributed by atoms with Gasteiger partial charge in [0, 0.05) is 5.69 Å². The highest BCUT2D eigenvalue weighted by Gasteiger charge is 2.44. The van der Waals surface area contributed by atoms with E-state index in [4.69, 9.17) is 13.9 Å². The van der Waals surface area contributed by atoms with Gasteiger partial charge in [-0.05, 0) is 92.4 Å². The summed E-state index contributed by atoms with van der Waals surface area (Å²) < 4.78 is 17.3. The summed E-state index contributed by atoms with van der Waals surface area (Å²) >= 11 is 0. The topological polar surface area (TPSA) is 86.0 Å². The van der Waals surface area contributed by atoms with Crippen molar-refractivity contribution in [1.82, 2.24) is 0 Å². The van der Waals surface area contributed by atoms with Crippen LogP contribution >= 0.6 is 0 Å². The average molecular weight is 540 g/mol. The van der Waals surface area contributed by atoms with Gasteiger partial charge < -0.3 is 13.9 Å². The van der Waals surface area contributed by atoms with E-state index in [0.29, 0.717) is 40.1 Å². The zero-order chi connectivity index (χ0) is 28.4. The van der Waals surface area contributed by atoms with Gasteiger partial charge in [-0.15, -0.1) is 0 Å². The number of unbranched alkanes of at least 4 members (excludes halogenated alkanes) is 2. The molecule has 0 aliphatic carbocycles. The van der Waals surface area contributed by atoms with E-state index in [1.807, 2.05) is 44.2 Å². The van der Waals surface area contributed by atoms with Crippen LogP contribution in [0, 0.1) is 13.8 Å². The molecule has 1 atom stereocenters. The molecule has 1 aliphatic rings. The fourth-order valence-corrected chi connectivity index (χ4v) is 5.10. The van der Waals surface area contributed by atoms with Crippen molar-refractivity contribution in [2.24, 2.45) is 0 Å². The normalized spacial score (nSPS) is 14.4. The Bertz CT molecular complexity index is 1640. The Kier molecular flexibility index (Phi) is 7.74. The number of hydrogen-bond donors (Lipinski definition) is 0. The summed E-state index contributed by atoms with van der Waals surface area (Å²) in [6, 6.07) is 17.0. The summed E-state index contributed by atoms with van der Waals surface area (Å²) in [5, 5.41) is 0.436. The molecule has 0 fully saturated rings. The number of amides is 1. The van der Waals surface area contributed by atoms with E-state index in [1.165, 1.54) is 0 Å². The minimum absolute atomic E-state index is 0.0227. The zero-order valence-electron chi connectivity index (χ0n) is 23.3. The van der Waals surface area contributed by atoms with Gasteiger partial charge in [0.25, 0.3) is 5.91 Å². The molecule has 2 heterocycles. The van der Waals surface area contributed by atoms with Crippen molar-refractivity contribution < 1.29 is 23.5 Å². The molecule has 1 unspecified atom stereocenters. The highest BCUT2D eigenvalue weighted by Crippen LogP contribution is 2.42. The van der Waals surface area contributed by atoms with Crippen molar-refractivity contribution in [2.75, 3.05) is 18.1 Å². The molecule has 0 N–H and O–H groups in total. The molecule has 7 nitrogen and oxygen atoms in total. The second-order valence-corrected chi connectivity index (χ2v) is 10.1. The van der Waals surface area contributed by atoms with Gasteiger partial charge in [-0.3, -0.25) is 14.5 Å². The summed E-state index contributed by atoms with van der Waals surface area (Å²) in [5.41, 5.74) is 4.00. The van der Waals surface area contributed by atoms with Crippen molar-refractivity contribution in [3.8, 4) is 5.75 Å². The maximum atomic E-state index is 14.0. The van der Waals surface area contributed by atoms with Crippen LogP contribution in [-0.2, 0) is 4.74 Å². The number of anilines is 1. The highest BCUT2D eigenvalue weighted by atomic mass is 16.5. The predicted octanol–water partition coefficient (Wildman–Crippen LogP) is 6.91. The monoisotopic (exact) mass is 539 g/mol. The molecule has 5 rings (SSSR count). The lowest BCUT2D eigenvalue weighted by Gasteiger charge is -2.25. The molecule has 0 radical (unpaired) electrons. The standard InChI is InChI=1S/C33H33NO6/c1-5-7-8-16-39-25-11-9-10-23(19-25)29-28-30(35)26-17-20(3)21(4)18-27(26)40-31(28)32(36)34(29)24-14-12-22(13-15-24)33(37)38-6-2/h9-15,17-19,29H,5-8,16H2,1-4H3. The van der Waals surface area contributed by atoms with Crippen LogP contribution in [-0.4, -0.2) is 25.1 Å². The number of fused-ring (bicyclic) bond motifs is 2. The number of nitrogens with zero attached hydrogens (tertiary/aromatic N) is 1. The fourth-order valence-electron chi connectivity index (χ4n) is 5.10. The van der Waals surface area contributed by atoms with E-state index in [2.05, 4.69) is 6.92 Å². The first-order valence-electron chi connectivity index (χ1n) is 13.8. The van der Waals surface area contributed by atoms with Crippen LogP contribution in [0.15, 0.2) is 69.9 Å². The number of benzene rings is 3. The van der Waals surface area contributed by atoms with Gasteiger partial charge in [-0.2, -0.15) is 0 Å². The van der Waals surface area contributed by atoms with Crippen LogP contribution in [0.5, 0.6) is 5.75 Å². The highest BCUT2D eigenvalue weighted by molar-refractivity contribution is 6.11. The van der Waals surface area contributed by atoms with E-state index < -0.39 is 17.9 Å². The van der Waals surface area contributed by atoms with Crippen molar-refractivity contribution in [2.45, 2.75) is 53.0 Å². The summed E-state index contributed by atoms with van der Waals surface area (Å²) in [6.07, 6.45) is 3.11. The maximum Gasteiger partial charge on any atom is 0.338 e. The lowest BCUT2D eigenvalue weighted by Crippen LogP contribution is -2.29. The number of esters is 1. The van der Waals surface area contributed by atoms with Gasteiger partial charge in [-0.1, -0.05) is 31.9 Å². The second kappa shape index (κ2) is 11.4. The Labute approximate surface area is 233 Å². The average Bonchev–Trinajstić information content (AvgIpc) is 3.25. The molecule has 3 aromatic carbocycles. The molecule has 0 bridgehead atoms. The summed E-state index contributed by atoms with van der Waals surface area (Å²) in [7, 11) is 0. The van der Waals surface area contributed by atoms with E-state index >= 15 is 0 Å². The van der Waals surface area contributed by atoms with Crippen LogP contribution in [0.4, 0.5) is 5.69 Å². The molecular formula is C33H33NO6. The van der Waals surface area contributed by atoms with Crippen molar-refractivity contribution in [3.63, 3.8) is 0 Å². The maximum absolute atomic E-state index is 14.0. The Balaban J connectivity index is 1.65. The van der Waals surface area contributed by atoms with Crippen LogP contribution in [0.2, 0.25) is 0 Å². The third kappa shape index (κ3) is 4.99. The van der Waals surface area contributed by atoms with E-state index in [1.54, 1.807) is 42.2 Å². The first-order chi connectivity index (χ1) is 19.3. The van der Waals surface area contributed by atoms with Gasteiger partial charge in [0.2, 0.25) is 5.76 Å². The minimum atomic E-state index is -0.739. The number of rotatable bonds is 9. The molecular weight excluding hydrogens is 506 g/mol. The van der Waals surface area contributed by atoms with Crippen LogP contribution in [0.1, 0.15) is 82.3 Å². The van der Waals surface area contributed by atoms with Crippen LogP contribution in [0.25, 0.3) is 11.0 Å². The number of ether oxygens (including phenoxy) is 2. The lowest BCUT2D eigenvalue weighted by molar-refractivity contribution is 0.0526. The van der Waals surface area contributed by atoms with Crippen molar-refractivity contribution in [1.29, 1.82) is 0 Å². The Hall–Kier alpha value is -4.39. The largest absolute Gasteiger partial charge is 0.494 e. The van der Waals surface area contributed by atoms with Gasteiger partial charge in [-0.25, -0.2) is 4.79 Å². The van der Waals surface area contributed by atoms with E-state index in [-0.39, 0.29) is 17.8 Å². The zero-order valence-corrected chi connectivity index (χ0v) is 23.3. The quantitative estimate of drug-likeness (QED) is 0.170. The third-order valence-electron chi connectivity index (χ3n) is 7.33. The van der Waals surface area contributed by atoms with Gasteiger partial charge in [0.1, 0.15) is 11.3 Å². The Morgan fingerprint density at radius 3 is 2.42 bits per heavy atom. The summed E-state index contributed by atoms with van der Waals surface area (Å²) in [5.74, 6) is -0.169. The molecule has 0 saturated carbocycles. The molecule has 7 heteroatoms. The molecule has 40 heavy (non-hydrogen) atoms. The Morgan fingerprint density at radius 1 is 0.950 bits per heavy atom. The smallest absolute Gasteiger partial charge is 0.338 e. The van der Waals surface area contributed by atoms with Crippen molar-refractivity contribution in [3.05, 3.63) is 104 Å². The number of carbonyl (C=O) groups excluding carboxylic acids is 2. The molecule has 4 aromatic rings. The first kappa shape index (κ1) is 27.2. The van der Waals surface area contributed by atoms with Gasteiger partial charge >= 0.3 is 5.97 Å². The minimum Gasteiger partial charge on any atom is -0.494 e. The van der Waals surface area contributed by atoms with Crippen LogP contribution in [0.3, 0.4) is 0 Å². The fraction of sp³-hybridized carbons (Fsp3) is 0.303. The molecule has 1 aliphatic heterocycles. The Morgan fingerprint density at radius 2 is 1.70 bits per heavy atom. The lowest BCUT2D eigenvalue weighted by atomic mass is 9.97. The summed E-state index contributed by atoms with van der Waals surface area (Å²) in [4.78, 5) is 41.7. The SMILES string of the molecule is CCCCCOc1cccc(C2c3c(oc4cc(C)c(C)cc4c3=O)C(=O)N2c2ccc(C(=O)OCC)cc2)c1. The summed E-state index contributed by atoms with van der Waals surface area (Å²) in [6.45, 7) is 8.62. The van der Waals surface area contributed by atoms with Crippen molar-refractivity contribution >= 4 is 28.5 Å². The van der Waals surface area contributed by atoms with E-state index in [9.17, 15) is 14.4 Å². The third-order valence-corrected chi connectivity index (χ3v) is 7.33. The molecule has 0 saturated heterocycles. The number of hydrogen-bond acceptors (Lipinski definition) is 6. The second-order valence-electron chi connectivity index (χ2n) is 10.1. The van der Waals surface area contributed by atoms with Gasteiger partial charge in [0.05, 0.1) is 35.8 Å². The molecule has 1 aromatic heterocycles.